The van der Waals surface area contributed by atoms with Crippen molar-refractivity contribution >= 4 is 11.7 Å². The van der Waals surface area contributed by atoms with Crippen LogP contribution in [0.1, 0.15) is 53.6 Å². The molecule has 3 aliphatic rings. The number of nitrogens with zero attached hydrogens (tertiary/aromatic N) is 3. The molecule has 7 nitrogen and oxygen atoms in total. The molecule has 0 radical (unpaired) electrons. The predicted molar refractivity (Wildman–Crippen MR) is 103 cm³/mol. The number of ether oxygens (including phenoxy) is 1. The van der Waals surface area contributed by atoms with Gasteiger partial charge in [-0.2, -0.15) is 18.3 Å². The first-order chi connectivity index (χ1) is 14.6. The number of amides is 1. The molecular weight excluding hydrogens is 413 g/mol. The van der Waals surface area contributed by atoms with Gasteiger partial charge >= 0.3 is 6.18 Å². The van der Waals surface area contributed by atoms with Crippen LogP contribution in [0.3, 0.4) is 0 Å². The van der Waals surface area contributed by atoms with Gasteiger partial charge in [0.1, 0.15) is 5.82 Å². The van der Waals surface area contributed by atoms with E-state index in [9.17, 15) is 23.1 Å². The van der Waals surface area contributed by atoms with Crippen molar-refractivity contribution in [1.29, 1.82) is 0 Å². The van der Waals surface area contributed by atoms with Crippen molar-refractivity contribution in [2.45, 2.75) is 62.5 Å². The fraction of sp³-hybridized carbons (Fsp3) is 0.571. The van der Waals surface area contributed by atoms with E-state index in [1.807, 2.05) is 6.92 Å². The first-order valence-corrected chi connectivity index (χ1v) is 10.4. The maximum atomic E-state index is 13.4. The number of rotatable bonds is 4. The molecule has 0 spiro atoms. The number of aryl methyl sites for hydroxylation is 2. The molecule has 31 heavy (non-hydrogen) atoms. The molecule has 5 atom stereocenters. The molecule has 3 fully saturated rings. The summed E-state index contributed by atoms with van der Waals surface area (Å²) in [4.78, 5) is 17.5. The number of aliphatic hydroxyl groups excluding tert-OH is 1. The first-order valence-electron chi connectivity index (χ1n) is 10.4. The van der Waals surface area contributed by atoms with Gasteiger partial charge in [-0.25, -0.2) is 4.98 Å². The van der Waals surface area contributed by atoms with Crippen molar-refractivity contribution in [2.24, 2.45) is 13.0 Å². The van der Waals surface area contributed by atoms with Gasteiger partial charge in [-0.3, -0.25) is 9.48 Å². The Morgan fingerprint density at radius 1 is 1.32 bits per heavy atom. The molecule has 2 aromatic rings. The second-order valence-corrected chi connectivity index (χ2v) is 8.76. The number of carbonyl (C=O) groups excluding carboxylic acids is 1. The number of fused-ring (bicyclic) bond motifs is 2. The van der Waals surface area contributed by atoms with Crippen LogP contribution in [0.4, 0.5) is 19.0 Å². The normalized spacial score (nSPS) is 30.1. The van der Waals surface area contributed by atoms with E-state index >= 15 is 0 Å². The highest BCUT2D eigenvalue weighted by Crippen LogP contribution is 2.50. The lowest BCUT2D eigenvalue weighted by atomic mass is 9.74. The van der Waals surface area contributed by atoms with Crippen molar-refractivity contribution in [1.82, 2.24) is 14.8 Å². The Bertz CT molecular complexity index is 1030. The first kappa shape index (κ1) is 20.4. The standard InChI is InChI=1S/C21H23F3N4O3/c1-9-12(8-28(2)27-9)17-18(15-7-14(29)19(17)31-15)20(30)26-16-6-11(21(22,23)24)5-13(25-16)10-3-4-10/h5-6,8,10,14-15,17-19,29H,3-4,7H2,1-2H3,(H,25,26,30)/t14-,15+,17+,18-,19-/m0/s1. The van der Waals surface area contributed by atoms with E-state index in [4.69, 9.17) is 4.74 Å². The van der Waals surface area contributed by atoms with E-state index in [2.05, 4.69) is 15.4 Å². The van der Waals surface area contributed by atoms with Gasteiger partial charge in [-0.1, -0.05) is 0 Å². The Morgan fingerprint density at radius 3 is 2.68 bits per heavy atom. The van der Waals surface area contributed by atoms with Crippen LogP contribution < -0.4 is 5.32 Å². The molecule has 1 aliphatic carbocycles. The maximum absolute atomic E-state index is 13.4. The Kier molecular flexibility index (Phi) is 4.63. The third-order valence-corrected chi connectivity index (χ3v) is 6.46. The van der Waals surface area contributed by atoms with Gasteiger partial charge in [0.05, 0.1) is 35.5 Å². The van der Waals surface area contributed by atoms with E-state index in [0.717, 1.165) is 36.2 Å². The second-order valence-electron chi connectivity index (χ2n) is 8.76. The molecular formula is C21H23F3N4O3. The summed E-state index contributed by atoms with van der Waals surface area (Å²) in [5.41, 5.74) is 1.05. The van der Waals surface area contributed by atoms with E-state index in [0.29, 0.717) is 12.1 Å². The van der Waals surface area contributed by atoms with E-state index in [1.165, 1.54) is 0 Å². The highest BCUT2D eigenvalue weighted by Gasteiger charge is 2.57. The number of aliphatic hydroxyl groups is 1. The Balaban J connectivity index is 1.46. The average Bonchev–Trinajstić information content (AvgIpc) is 3.27. The molecule has 2 bridgehead atoms. The van der Waals surface area contributed by atoms with Crippen LogP contribution in [0.15, 0.2) is 18.3 Å². The minimum absolute atomic E-state index is 0.00437. The van der Waals surface area contributed by atoms with Crippen LogP contribution in [0.25, 0.3) is 0 Å². The molecule has 166 valence electrons. The van der Waals surface area contributed by atoms with Crippen LogP contribution in [-0.4, -0.2) is 44.1 Å². The number of nitrogens with one attached hydrogen (secondary N) is 1. The van der Waals surface area contributed by atoms with Gasteiger partial charge in [0.2, 0.25) is 5.91 Å². The van der Waals surface area contributed by atoms with Crippen LogP contribution in [0, 0.1) is 12.8 Å². The highest BCUT2D eigenvalue weighted by atomic mass is 19.4. The fourth-order valence-corrected chi connectivity index (χ4v) is 4.94. The van der Waals surface area contributed by atoms with Crippen molar-refractivity contribution in [2.75, 3.05) is 5.32 Å². The van der Waals surface area contributed by atoms with Crippen LogP contribution in [0.5, 0.6) is 0 Å². The quantitative estimate of drug-likeness (QED) is 0.770. The zero-order valence-corrected chi connectivity index (χ0v) is 17.1. The monoisotopic (exact) mass is 436 g/mol. The third-order valence-electron chi connectivity index (χ3n) is 6.46. The Morgan fingerprint density at radius 2 is 2.06 bits per heavy atom. The summed E-state index contributed by atoms with van der Waals surface area (Å²) in [6.45, 7) is 1.82. The van der Waals surface area contributed by atoms with Crippen molar-refractivity contribution in [3.05, 3.63) is 40.8 Å². The highest BCUT2D eigenvalue weighted by molar-refractivity contribution is 5.93. The number of halogens is 3. The lowest BCUT2D eigenvalue weighted by Crippen LogP contribution is -2.41. The van der Waals surface area contributed by atoms with Crippen molar-refractivity contribution < 1.29 is 27.8 Å². The summed E-state index contributed by atoms with van der Waals surface area (Å²) in [6, 6.07) is 1.93. The van der Waals surface area contributed by atoms with E-state index < -0.39 is 47.8 Å². The van der Waals surface area contributed by atoms with Gasteiger partial charge in [0, 0.05) is 37.2 Å². The number of anilines is 1. The zero-order chi connectivity index (χ0) is 22.1. The predicted octanol–water partition coefficient (Wildman–Crippen LogP) is 2.89. The molecule has 1 saturated carbocycles. The molecule has 2 N–H and O–H groups in total. The fourth-order valence-electron chi connectivity index (χ4n) is 4.94. The minimum Gasteiger partial charge on any atom is -0.390 e. The number of pyridine rings is 1. The number of hydrogen-bond acceptors (Lipinski definition) is 5. The lowest BCUT2D eigenvalue weighted by Gasteiger charge is -2.29. The molecule has 0 aromatic carbocycles. The third kappa shape index (κ3) is 3.61. The largest absolute Gasteiger partial charge is 0.416 e. The number of alkyl halides is 3. The molecule has 2 aliphatic heterocycles. The Labute approximate surface area is 176 Å². The van der Waals surface area contributed by atoms with Crippen LogP contribution in [0.2, 0.25) is 0 Å². The van der Waals surface area contributed by atoms with Crippen molar-refractivity contribution in [3.8, 4) is 0 Å². The van der Waals surface area contributed by atoms with Gasteiger partial charge in [-0.05, 0) is 37.5 Å². The summed E-state index contributed by atoms with van der Waals surface area (Å²) < 4.78 is 47.6. The maximum Gasteiger partial charge on any atom is 0.416 e. The summed E-state index contributed by atoms with van der Waals surface area (Å²) in [5, 5.41) is 17.3. The number of carbonyl (C=O) groups is 1. The summed E-state index contributed by atoms with van der Waals surface area (Å²) >= 11 is 0. The smallest absolute Gasteiger partial charge is 0.390 e. The van der Waals surface area contributed by atoms with Gasteiger partial charge in [0.15, 0.2) is 0 Å². The molecule has 4 heterocycles. The summed E-state index contributed by atoms with van der Waals surface area (Å²) in [5.74, 6) is -1.65. The second kappa shape index (κ2) is 7.03. The minimum atomic E-state index is -4.53. The van der Waals surface area contributed by atoms with Gasteiger partial charge < -0.3 is 15.2 Å². The average molecular weight is 436 g/mol. The topological polar surface area (TPSA) is 89.3 Å². The van der Waals surface area contributed by atoms with Crippen LogP contribution in [-0.2, 0) is 22.8 Å². The molecule has 2 aromatic heterocycles. The zero-order valence-electron chi connectivity index (χ0n) is 17.1. The van der Waals surface area contributed by atoms with Gasteiger partial charge in [0.25, 0.3) is 0 Å². The molecule has 1 amide bonds. The van der Waals surface area contributed by atoms with Gasteiger partial charge in [-0.15, -0.1) is 0 Å². The van der Waals surface area contributed by atoms with Crippen molar-refractivity contribution in [3.63, 3.8) is 0 Å². The molecule has 0 unspecified atom stereocenters. The SMILES string of the molecule is Cc1nn(C)cc1[C@H]1[C@H]2O[C@H](C[C@@H]2O)[C@@H]1C(=O)Nc1cc(C(F)(F)F)cc(C2CC2)n1. The summed E-state index contributed by atoms with van der Waals surface area (Å²) in [6.07, 6.45) is -2.61. The number of aromatic nitrogens is 3. The number of hydrogen-bond donors (Lipinski definition) is 2. The molecule has 5 rings (SSSR count). The Hall–Kier alpha value is -2.46. The van der Waals surface area contributed by atoms with Crippen LogP contribution >= 0.6 is 0 Å². The summed E-state index contributed by atoms with van der Waals surface area (Å²) in [7, 11) is 1.77. The van der Waals surface area contributed by atoms with E-state index in [-0.39, 0.29) is 11.7 Å². The molecule has 2 saturated heterocycles. The van der Waals surface area contributed by atoms with E-state index in [1.54, 1.807) is 17.9 Å². The lowest BCUT2D eigenvalue weighted by molar-refractivity contribution is -0.137. The molecule has 10 heteroatoms.